The molecule has 0 bridgehead atoms. The second-order valence-electron chi connectivity index (χ2n) is 4.39. The van der Waals surface area contributed by atoms with Crippen molar-refractivity contribution in [3.63, 3.8) is 0 Å². The molecule has 0 radical (unpaired) electrons. The van der Waals surface area contributed by atoms with Crippen LogP contribution in [-0.2, 0) is 0 Å². The van der Waals surface area contributed by atoms with Gasteiger partial charge in [-0.05, 0) is 18.6 Å². The number of nitro benzene ring substituents is 1. The van der Waals surface area contributed by atoms with Crippen LogP contribution in [0, 0.1) is 10.1 Å². The fourth-order valence-corrected chi connectivity index (χ4v) is 1.73. The number of rotatable bonds is 6. The number of benzene rings is 1. The summed E-state index contributed by atoms with van der Waals surface area (Å²) in [7, 11) is 1.68. The van der Waals surface area contributed by atoms with Gasteiger partial charge in [-0.2, -0.15) is 0 Å². The molecular weight excluding hydrogens is 248 g/mol. The molecular formula is C13H18N2O4. The molecule has 0 saturated heterocycles. The normalized spacial score (nSPS) is 10.2. The average molecular weight is 266 g/mol. The molecule has 0 heterocycles. The van der Waals surface area contributed by atoms with Crippen molar-refractivity contribution in [3.8, 4) is 5.75 Å². The standard InChI is InChI=1S/C13H18N2O4/c1-3-4-5-8-14(2)13(17)10-6-7-11(15(18)19)12(16)9-10/h6-7,9,16H,3-5,8H2,1-2H3. The Labute approximate surface area is 111 Å². The topological polar surface area (TPSA) is 83.7 Å². The highest BCUT2D eigenvalue weighted by Gasteiger charge is 2.17. The van der Waals surface area contributed by atoms with Crippen molar-refractivity contribution in [3.05, 3.63) is 33.9 Å². The number of phenolic OH excluding ortho intramolecular Hbond substituents is 1. The lowest BCUT2D eigenvalue weighted by atomic mass is 10.1. The Balaban J connectivity index is 2.77. The molecule has 0 aliphatic rings. The monoisotopic (exact) mass is 266 g/mol. The molecule has 0 saturated carbocycles. The summed E-state index contributed by atoms with van der Waals surface area (Å²) in [5, 5.41) is 20.1. The first-order valence-electron chi connectivity index (χ1n) is 6.20. The molecule has 0 unspecified atom stereocenters. The first kappa shape index (κ1) is 14.9. The minimum absolute atomic E-state index is 0.249. The van der Waals surface area contributed by atoms with E-state index >= 15 is 0 Å². The second kappa shape index (κ2) is 6.72. The van der Waals surface area contributed by atoms with Crippen molar-refractivity contribution in [2.45, 2.75) is 26.2 Å². The van der Waals surface area contributed by atoms with E-state index in [2.05, 4.69) is 6.92 Å². The van der Waals surface area contributed by atoms with Crippen molar-refractivity contribution in [1.82, 2.24) is 4.90 Å². The van der Waals surface area contributed by atoms with E-state index in [4.69, 9.17) is 0 Å². The van der Waals surface area contributed by atoms with Crippen LogP contribution in [-0.4, -0.2) is 34.4 Å². The van der Waals surface area contributed by atoms with Crippen LogP contribution >= 0.6 is 0 Å². The summed E-state index contributed by atoms with van der Waals surface area (Å²) >= 11 is 0. The summed E-state index contributed by atoms with van der Waals surface area (Å²) in [6.07, 6.45) is 3.03. The van der Waals surface area contributed by atoms with Crippen LogP contribution in [0.15, 0.2) is 18.2 Å². The van der Waals surface area contributed by atoms with Gasteiger partial charge >= 0.3 is 5.69 Å². The molecule has 104 valence electrons. The Bertz CT molecular complexity index is 474. The molecule has 0 spiro atoms. The first-order chi connectivity index (χ1) is 8.97. The molecule has 0 atom stereocenters. The van der Waals surface area contributed by atoms with Gasteiger partial charge in [0.1, 0.15) is 0 Å². The predicted octanol–water partition coefficient (Wildman–Crippen LogP) is 2.56. The number of hydrogen-bond acceptors (Lipinski definition) is 4. The number of unbranched alkanes of at least 4 members (excludes halogenated alkanes) is 2. The molecule has 19 heavy (non-hydrogen) atoms. The molecule has 1 N–H and O–H groups in total. The zero-order chi connectivity index (χ0) is 14.4. The van der Waals surface area contributed by atoms with Crippen LogP contribution < -0.4 is 0 Å². The highest BCUT2D eigenvalue weighted by molar-refractivity contribution is 5.94. The van der Waals surface area contributed by atoms with E-state index < -0.39 is 16.4 Å². The van der Waals surface area contributed by atoms with Gasteiger partial charge in [-0.15, -0.1) is 0 Å². The van der Waals surface area contributed by atoms with E-state index in [0.717, 1.165) is 31.4 Å². The third-order valence-corrected chi connectivity index (χ3v) is 2.86. The van der Waals surface area contributed by atoms with Crippen molar-refractivity contribution < 1.29 is 14.8 Å². The average Bonchev–Trinajstić information content (AvgIpc) is 2.37. The Morgan fingerprint density at radius 1 is 1.42 bits per heavy atom. The van der Waals surface area contributed by atoms with Gasteiger partial charge in [0.25, 0.3) is 5.91 Å². The van der Waals surface area contributed by atoms with Gasteiger partial charge in [-0.25, -0.2) is 0 Å². The van der Waals surface area contributed by atoms with Gasteiger partial charge in [0, 0.05) is 25.2 Å². The van der Waals surface area contributed by atoms with Gasteiger partial charge in [-0.1, -0.05) is 19.8 Å². The number of hydrogen-bond donors (Lipinski definition) is 1. The van der Waals surface area contributed by atoms with E-state index in [1.165, 1.54) is 6.07 Å². The quantitative estimate of drug-likeness (QED) is 0.487. The summed E-state index contributed by atoms with van der Waals surface area (Å²) in [6.45, 7) is 2.71. The molecule has 1 aromatic rings. The molecule has 0 aromatic heterocycles. The predicted molar refractivity (Wildman–Crippen MR) is 71.2 cm³/mol. The fraction of sp³-hybridized carbons (Fsp3) is 0.462. The van der Waals surface area contributed by atoms with Gasteiger partial charge < -0.3 is 10.0 Å². The molecule has 6 heteroatoms. The minimum Gasteiger partial charge on any atom is -0.502 e. The number of phenols is 1. The lowest BCUT2D eigenvalue weighted by molar-refractivity contribution is -0.385. The van der Waals surface area contributed by atoms with E-state index in [-0.39, 0.29) is 11.5 Å². The molecule has 1 rings (SSSR count). The van der Waals surface area contributed by atoms with Crippen LogP contribution in [0.4, 0.5) is 5.69 Å². The Hall–Kier alpha value is -2.11. The maximum atomic E-state index is 12.0. The third kappa shape index (κ3) is 3.94. The third-order valence-electron chi connectivity index (χ3n) is 2.86. The Kier molecular flexibility index (Phi) is 5.29. The molecule has 1 amide bonds. The molecule has 0 fully saturated rings. The van der Waals surface area contributed by atoms with E-state index in [0.29, 0.717) is 6.54 Å². The molecule has 1 aromatic carbocycles. The Morgan fingerprint density at radius 2 is 2.11 bits per heavy atom. The van der Waals surface area contributed by atoms with Gasteiger partial charge in [0.15, 0.2) is 5.75 Å². The summed E-state index contributed by atoms with van der Waals surface area (Å²) in [5.41, 5.74) is -0.146. The van der Waals surface area contributed by atoms with Crippen molar-refractivity contribution in [2.24, 2.45) is 0 Å². The van der Waals surface area contributed by atoms with Gasteiger partial charge in [0.2, 0.25) is 0 Å². The van der Waals surface area contributed by atoms with Crippen LogP contribution in [0.3, 0.4) is 0 Å². The number of aromatic hydroxyl groups is 1. The fourth-order valence-electron chi connectivity index (χ4n) is 1.73. The lowest BCUT2D eigenvalue weighted by Gasteiger charge is -2.17. The molecule has 6 nitrogen and oxygen atoms in total. The maximum absolute atomic E-state index is 12.0. The van der Waals surface area contributed by atoms with E-state index in [1.54, 1.807) is 11.9 Å². The minimum atomic E-state index is -0.686. The van der Waals surface area contributed by atoms with Crippen LogP contribution in [0.5, 0.6) is 5.75 Å². The zero-order valence-electron chi connectivity index (χ0n) is 11.1. The van der Waals surface area contributed by atoms with Crippen LogP contribution in [0.2, 0.25) is 0 Å². The number of amides is 1. The van der Waals surface area contributed by atoms with E-state index in [1.807, 2.05) is 0 Å². The van der Waals surface area contributed by atoms with Gasteiger partial charge in [0.05, 0.1) is 4.92 Å². The maximum Gasteiger partial charge on any atom is 0.310 e. The molecule has 0 aliphatic heterocycles. The van der Waals surface area contributed by atoms with Crippen LogP contribution in [0.25, 0.3) is 0 Å². The highest BCUT2D eigenvalue weighted by atomic mass is 16.6. The smallest absolute Gasteiger partial charge is 0.310 e. The SMILES string of the molecule is CCCCCN(C)C(=O)c1ccc([N+](=O)[O-])c(O)c1. The highest BCUT2D eigenvalue weighted by Crippen LogP contribution is 2.26. The summed E-state index contributed by atoms with van der Waals surface area (Å²) in [5.74, 6) is -0.737. The number of carbonyl (C=O) groups excluding carboxylic acids is 1. The zero-order valence-corrected chi connectivity index (χ0v) is 11.1. The van der Waals surface area contributed by atoms with Crippen molar-refractivity contribution >= 4 is 11.6 Å². The summed E-state index contributed by atoms with van der Waals surface area (Å²) in [4.78, 5) is 23.4. The number of carbonyl (C=O) groups is 1. The van der Waals surface area contributed by atoms with Gasteiger partial charge in [-0.3, -0.25) is 14.9 Å². The Morgan fingerprint density at radius 3 is 2.63 bits per heavy atom. The second-order valence-corrected chi connectivity index (χ2v) is 4.39. The number of nitrogens with zero attached hydrogens (tertiary/aromatic N) is 2. The largest absolute Gasteiger partial charge is 0.502 e. The summed E-state index contributed by atoms with van der Waals surface area (Å²) < 4.78 is 0. The van der Waals surface area contributed by atoms with Crippen molar-refractivity contribution in [1.29, 1.82) is 0 Å². The van der Waals surface area contributed by atoms with Crippen LogP contribution in [0.1, 0.15) is 36.5 Å². The van der Waals surface area contributed by atoms with E-state index in [9.17, 15) is 20.0 Å². The number of nitro groups is 1. The first-order valence-corrected chi connectivity index (χ1v) is 6.20. The molecule has 0 aliphatic carbocycles. The van der Waals surface area contributed by atoms with Crippen molar-refractivity contribution in [2.75, 3.05) is 13.6 Å². The summed E-state index contributed by atoms with van der Waals surface area (Å²) in [6, 6.07) is 3.63. The lowest BCUT2D eigenvalue weighted by Crippen LogP contribution is -2.27.